The molecule has 3 rings (SSSR count). The molecule has 0 aliphatic carbocycles. The maximum absolute atomic E-state index is 9.01. The van der Waals surface area contributed by atoms with Gasteiger partial charge >= 0.3 is 0 Å². The number of anilines is 1. The van der Waals surface area contributed by atoms with Crippen LogP contribution in [0.2, 0.25) is 0 Å². The summed E-state index contributed by atoms with van der Waals surface area (Å²) in [6, 6.07) is 11.9. The van der Waals surface area contributed by atoms with Gasteiger partial charge in [0.25, 0.3) is 0 Å². The highest BCUT2D eigenvalue weighted by Gasteiger charge is 2.02. The predicted octanol–water partition coefficient (Wildman–Crippen LogP) is 2.08. The first-order chi connectivity index (χ1) is 10.7. The van der Waals surface area contributed by atoms with Crippen LogP contribution in [0.5, 0.6) is 0 Å². The number of aryl methyl sites for hydroxylation is 1. The second kappa shape index (κ2) is 6.36. The van der Waals surface area contributed by atoms with Crippen LogP contribution >= 0.6 is 0 Å². The molecule has 0 aliphatic heterocycles. The van der Waals surface area contributed by atoms with E-state index in [0.29, 0.717) is 12.2 Å². The fraction of sp³-hybridized carbons (Fsp3) is 0.188. The molecule has 2 N–H and O–H groups in total. The van der Waals surface area contributed by atoms with Gasteiger partial charge < -0.3 is 10.4 Å². The second-order valence-electron chi connectivity index (χ2n) is 5.04. The molecule has 0 aliphatic rings. The van der Waals surface area contributed by atoms with E-state index in [1.165, 1.54) is 0 Å². The molecule has 22 heavy (non-hydrogen) atoms. The Bertz CT molecular complexity index is 734. The minimum absolute atomic E-state index is 0.108. The Labute approximate surface area is 128 Å². The lowest BCUT2D eigenvalue weighted by Gasteiger charge is -2.07. The summed E-state index contributed by atoms with van der Waals surface area (Å²) in [5, 5.41) is 20.2. The number of rotatable bonds is 5. The van der Waals surface area contributed by atoms with E-state index in [4.69, 9.17) is 5.11 Å². The molecule has 0 saturated heterocycles. The number of aliphatic hydroxyl groups is 1. The molecule has 0 unspecified atom stereocenters. The van der Waals surface area contributed by atoms with Crippen molar-refractivity contribution in [1.82, 2.24) is 20.0 Å². The maximum atomic E-state index is 9.01. The van der Waals surface area contributed by atoms with Crippen LogP contribution in [0, 0.1) is 6.92 Å². The van der Waals surface area contributed by atoms with Crippen LogP contribution < -0.4 is 5.32 Å². The first kappa shape index (κ1) is 14.2. The molecule has 2 heterocycles. The van der Waals surface area contributed by atoms with Crippen molar-refractivity contribution in [2.75, 3.05) is 5.32 Å². The van der Waals surface area contributed by atoms with Gasteiger partial charge in [0.15, 0.2) is 0 Å². The summed E-state index contributed by atoms with van der Waals surface area (Å²) < 4.78 is 1.64. The normalized spacial score (nSPS) is 10.6. The molecule has 0 bridgehead atoms. The van der Waals surface area contributed by atoms with E-state index in [1.54, 1.807) is 10.9 Å². The van der Waals surface area contributed by atoms with E-state index in [1.807, 2.05) is 43.5 Å². The van der Waals surface area contributed by atoms with Gasteiger partial charge in [-0.25, -0.2) is 4.68 Å². The lowest BCUT2D eigenvalue weighted by molar-refractivity contribution is 0.276. The average molecular weight is 295 g/mol. The number of hydrogen-bond acceptors (Lipinski definition) is 5. The monoisotopic (exact) mass is 295 g/mol. The zero-order chi connectivity index (χ0) is 15.4. The van der Waals surface area contributed by atoms with Crippen LogP contribution in [0.25, 0.3) is 5.69 Å². The summed E-state index contributed by atoms with van der Waals surface area (Å²) in [4.78, 5) is 4.36. The van der Waals surface area contributed by atoms with Crippen molar-refractivity contribution in [2.45, 2.75) is 20.1 Å². The largest absolute Gasteiger partial charge is 0.390 e. The summed E-state index contributed by atoms with van der Waals surface area (Å²) in [6.07, 6.45) is 3.57. The highest BCUT2D eigenvalue weighted by atomic mass is 16.3. The lowest BCUT2D eigenvalue weighted by atomic mass is 10.2. The molecule has 0 fully saturated rings. The Morgan fingerprint density at radius 3 is 2.55 bits per heavy atom. The fourth-order valence-electron chi connectivity index (χ4n) is 2.02. The van der Waals surface area contributed by atoms with Crippen LogP contribution in [0.1, 0.15) is 17.0 Å². The van der Waals surface area contributed by atoms with Crippen LogP contribution in [-0.2, 0) is 13.2 Å². The lowest BCUT2D eigenvalue weighted by Crippen LogP contribution is -2.02. The van der Waals surface area contributed by atoms with Gasteiger partial charge in [-0.05, 0) is 42.8 Å². The van der Waals surface area contributed by atoms with Crippen molar-refractivity contribution in [1.29, 1.82) is 0 Å². The first-order valence-electron chi connectivity index (χ1n) is 7.02. The van der Waals surface area contributed by atoms with Crippen molar-refractivity contribution in [3.63, 3.8) is 0 Å². The van der Waals surface area contributed by atoms with Crippen molar-refractivity contribution in [3.8, 4) is 5.69 Å². The third kappa shape index (κ3) is 3.29. The summed E-state index contributed by atoms with van der Waals surface area (Å²) in [5.74, 6) is 0. The van der Waals surface area contributed by atoms with Gasteiger partial charge in [0.05, 0.1) is 30.7 Å². The summed E-state index contributed by atoms with van der Waals surface area (Å²) in [5.41, 5.74) is 4.61. The van der Waals surface area contributed by atoms with Crippen LogP contribution in [0.15, 0.2) is 48.8 Å². The SMILES string of the molecule is Cc1ccc(CNc2ccc(-n3cc(CO)nn3)cc2)nc1. The molecule has 0 amide bonds. The molecule has 0 atom stereocenters. The third-order valence-corrected chi connectivity index (χ3v) is 3.28. The molecular weight excluding hydrogens is 278 g/mol. The molecule has 112 valence electrons. The third-order valence-electron chi connectivity index (χ3n) is 3.28. The fourth-order valence-corrected chi connectivity index (χ4v) is 2.02. The van der Waals surface area contributed by atoms with Crippen LogP contribution in [-0.4, -0.2) is 25.1 Å². The van der Waals surface area contributed by atoms with E-state index < -0.39 is 0 Å². The highest BCUT2D eigenvalue weighted by molar-refractivity contribution is 5.48. The quantitative estimate of drug-likeness (QED) is 0.753. The van der Waals surface area contributed by atoms with Gasteiger partial charge in [0, 0.05) is 11.9 Å². The summed E-state index contributed by atoms with van der Waals surface area (Å²) in [7, 11) is 0. The predicted molar refractivity (Wildman–Crippen MR) is 83.6 cm³/mol. The minimum Gasteiger partial charge on any atom is -0.390 e. The summed E-state index contributed by atoms with van der Waals surface area (Å²) >= 11 is 0. The summed E-state index contributed by atoms with van der Waals surface area (Å²) in [6.45, 7) is 2.59. The molecule has 0 saturated carbocycles. The van der Waals surface area contributed by atoms with E-state index in [9.17, 15) is 0 Å². The molecular formula is C16H17N5O. The Morgan fingerprint density at radius 2 is 1.91 bits per heavy atom. The van der Waals surface area contributed by atoms with Crippen LogP contribution in [0.4, 0.5) is 5.69 Å². The Balaban J connectivity index is 1.65. The molecule has 2 aromatic heterocycles. The maximum Gasteiger partial charge on any atom is 0.109 e. The smallest absolute Gasteiger partial charge is 0.109 e. The Kier molecular flexibility index (Phi) is 4.11. The molecule has 1 aromatic carbocycles. The van der Waals surface area contributed by atoms with E-state index in [0.717, 1.165) is 22.6 Å². The van der Waals surface area contributed by atoms with Crippen molar-refractivity contribution < 1.29 is 5.11 Å². The van der Waals surface area contributed by atoms with Crippen molar-refractivity contribution in [2.24, 2.45) is 0 Å². The number of aromatic nitrogens is 4. The molecule has 6 nitrogen and oxygen atoms in total. The van der Waals surface area contributed by atoms with Gasteiger partial charge in [-0.3, -0.25) is 4.98 Å². The molecule has 6 heteroatoms. The standard InChI is InChI=1S/C16H17N5O/c1-12-2-3-14(17-8-12)9-18-13-4-6-16(7-5-13)21-10-15(11-22)19-20-21/h2-8,10,18,22H,9,11H2,1H3. The van der Waals surface area contributed by atoms with E-state index in [2.05, 4.69) is 26.7 Å². The molecule has 0 spiro atoms. The zero-order valence-corrected chi connectivity index (χ0v) is 12.3. The second-order valence-corrected chi connectivity index (χ2v) is 5.04. The van der Waals surface area contributed by atoms with Crippen molar-refractivity contribution >= 4 is 5.69 Å². The number of hydrogen-bond donors (Lipinski definition) is 2. The topological polar surface area (TPSA) is 75.9 Å². The van der Waals surface area contributed by atoms with Gasteiger partial charge in [-0.1, -0.05) is 11.3 Å². The number of nitrogens with zero attached hydrogens (tertiary/aromatic N) is 4. The molecule has 0 radical (unpaired) electrons. The first-order valence-corrected chi connectivity index (χ1v) is 7.02. The number of pyridine rings is 1. The zero-order valence-electron chi connectivity index (χ0n) is 12.3. The van der Waals surface area contributed by atoms with Crippen LogP contribution in [0.3, 0.4) is 0 Å². The van der Waals surface area contributed by atoms with Crippen molar-refractivity contribution in [3.05, 3.63) is 65.7 Å². The highest BCUT2D eigenvalue weighted by Crippen LogP contribution is 2.13. The number of benzene rings is 1. The average Bonchev–Trinajstić information content (AvgIpc) is 3.04. The molecule has 3 aromatic rings. The van der Waals surface area contributed by atoms with Gasteiger partial charge in [-0.2, -0.15) is 0 Å². The van der Waals surface area contributed by atoms with E-state index in [-0.39, 0.29) is 6.61 Å². The Hall–Kier alpha value is -2.73. The Morgan fingerprint density at radius 1 is 1.09 bits per heavy atom. The minimum atomic E-state index is -0.108. The van der Waals surface area contributed by atoms with Gasteiger partial charge in [-0.15, -0.1) is 5.10 Å². The van der Waals surface area contributed by atoms with Gasteiger partial charge in [0.1, 0.15) is 5.69 Å². The number of nitrogens with one attached hydrogen (secondary N) is 1. The number of aliphatic hydroxyl groups excluding tert-OH is 1. The van der Waals surface area contributed by atoms with Gasteiger partial charge in [0.2, 0.25) is 0 Å². The van der Waals surface area contributed by atoms with E-state index >= 15 is 0 Å².